The van der Waals surface area contributed by atoms with Crippen molar-refractivity contribution < 1.29 is 9.53 Å². The number of aryl methyl sites for hydroxylation is 1. The Hall–Kier alpha value is -1.85. The van der Waals surface area contributed by atoms with E-state index < -0.39 is 6.10 Å². The van der Waals surface area contributed by atoms with Crippen molar-refractivity contribution in [3.8, 4) is 5.69 Å². The third-order valence-electron chi connectivity index (χ3n) is 3.92. The zero-order valence-electron chi connectivity index (χ0n) is 13.5. The monoisotopic (exact) mass is 333 g/mol. The molecule has 6 heteroatoms. The predicted octanol–water partition coefficient (Wildman–Crippen LogP) is 3.73. The van der Waals surface area contributed by atoms with Crippen molar-refractivity contribution in [3.05, 3.63) is 41.0 Å². The van der Waals surface area contributed by atoms with E-state index in [0.29, 0.717) is 10.8 Å². The summed E-state index contributed by atoms with van der Waals surface area (Å²) in [6.07, 6.45) is 1.19. The maximum atomic E-state index is 12.5. The topological polar surface area (TPSA) is 56.1 Å². The molecular weight excluding hydrogens is 314 g/mol. The number of nitrogens with zero attached hydrogens (tertiary/aromatic N) is 2. The van der Waals surface area contributed by atoms with Gasteiger partial charge in [0, 0.05) is 11.1 Å². The molecule has 1 fully saturated rings. The Morgan fingerprint density at radius 1 is 1.39 bits per heavy atom. The summed E-state index contributed by atoms with van der Waals surface area (Å²) in [7, 11) is 0. The van der Waals surface area contributed by atoms with E-state index in [1.165, 1.54) is 0 Å². The van der Waals surface area contributed by atoms with Crippen molar-refractivity contribution in [1.29, 1.82) is 0 Å². The number of hydrogen-bond donors (Lipinski definition) is 1. The lowest BCUT2D eigenvalue weighted by Gasteiger charge is -2.19. The van der Waals surface area contributed by atoms with Crippen LogP contribution < -0.4 is 5.32 Å². The van der Waals surface area contributed by atoms with Crippen molar-refractivity contribution in [3.63, 3.8) is 0 Å². The van der Waals surface area contributed by atoms with Crippen molar-refractivity contribution >= 4 is 23.3 Å². The number of halogens is 1. The zero-order valence-corrected chi connectivity index (χ0v) is 14.2. The Balaban J connectivity index is 1.81. The van der Waals surface area contributed by atoms with E-state index in [9.17, 15) is 4.79 Å². The van der Waals surface area contributed by atoms with Gasteiger partial charge in [-0.2, -0.15) is 5.10 Å². The fraction of sp³-hybridized carbons (Fsp3) is 0.412. The number of rotatable bonds is 3. The van der Waals surface area contributed by atoms with Crippen LogP contribution in [0.2, 0.25) is 5.02 Å². The summed E-state index contributed by atoms with van der Waals surface area (Å²) >= 11 is 5.93. The fourth-order valence-corrected chi connectivity index (χ4v) is 2.87. The molecule has 0 radical (unpaired) electrons. The van der Waals surface area contributed by atoms with Crippen molar-refractivity contribution in [2.24, 2.45) is 0 Å². The Labute approximate surface area is 140 Å². The van der Waals surface area contributed by atoms with Crippen LogP contribution in [0.3, 0.4) is 0 Å². The molecule has 1 aromatic carbocycles. The van der Waals surface area contributed by atoms with Gasteiger partial charge in [0.15, 0.2) is 0 Å². The molecule has 0 spiro atoms. The average molecular weight is 334 g/mol. The molecule has 0 bridgehead atoms. The molecule has 0 saturated carbocycles. The van der Waals surface area contributed by atoms with Gasteiger partial charge in [0.25, 0.3) is 5.91 Å². The van der Waals surface area contributed by atoms with E-state index in [0.717, 1.165) is 24.2 Å². The highest BCUT2D eigenvalue weighted by Gasteiger charge is 2.36. The summed E-state index contributed by atoms with van der Waals surface area (Å²) < 4.78 is 7.49. The zero-order chi connectivity index (χ0) is 16.6. The van der Waals surface area contributed by atoms with E-state index in [-0.39, 0.29) is 11.5 Å². The minimum absolute atomic E-state index is 0.134. The number of aromatic nitrogens is 2. The van der Waals surface area contributed by atoms with E-state index in [2.05, 4.69) is 10.4 Å². The SMILES string of the molecule is Cc1cc(NC(=O)C2CCC(C)(C)O2)n(-c2ccc(Cl)cc2)n1. The van der Waals surface area contributed by atoms with Crippen LogP contribution in [0.1, 0.15) is 32.4 Å². The van der Waals surface area contributed by atoms with Gasteiger partial charge < -0.3 is 10.1 Å². The van der Waals surface area contributed by atoms with E-state index in [4.69, 9.17) is 16.3 Å². The van der Waals surface area contributed by atoms with Crippen LogP contribution >= 0.6 is 11.6 Å². The Morgan fingerprint density at radius 3 is 2.70 bits per heavy atom. The highest BCUT2D eigenvalue weighted by Crippen LogP contribution is 2.30. The minimum atomic E-state index is -0.418. The minimum Gasteiger partial charge on any atom is -0.363 e. The first-order chi connectivity index (χ1) is 10.8. The maximum absolute atomic E-state index is 12.5. The summed E-state index contributed by atoms with van der Waals surface area (Å²) in [5.41, 5.74) is 1.42. The summed E-state index contributed by atoms with van der Waals surface area (Å²) in [6.45, 7) is 5.89. The van der Waals surface area contributed by atoms with Gasteiger partial charge in [-0.05, 0) is 57.9 Å². The van der Waals surface area contributed by atoms with E-state index >= 15 is 0 Å². The molecule has 23 heavy (non-hydrogen) atoms. The Kier molecular flexibility index (Phi) is 4.17. The molecule has 1 unspecified atom stereocenters. The number of anilines is 1. The molecule has 2 aromatic rings. The first-order valence-corrected chi connectivity index (χ1v) is 8.03. The smallest absolute Gasteiger partial charge is 0.254 e. The molecule has 1 atom stereocenters. The lowest BCUT2D eigenvalue weighted by atomic mass is 10.1. The van der Waals surface area contributed by atoms with Crippen LogP contribution in [0.5, 0.6) is 0 Å². The highest BCUT2D eigenvalue weighted by atomic mass is 35.5. The number of amides is 1. The number of nitrogens with one attached hydrogen (secondary N) is 1. The molecule has 1 amide bonds. The fourth-order valence-electron chi connectivity index (χ4n) is 2.74. The van der Waals surface area contributed by atoms with Gasteiger partial charge >= 0.3 is 0 Å². The number of ether oxygens (including phenoxy) is 1. The molecular formula is C17H20ClN3O2. The highest BCUT2D eigenvalue weighted by molar-refractivity contribution is 6.30. The van der Waals surface area contributed by atoms with E-state index in [1.807, 2.05) is 39.0 Å². The third-order valence-corrected chi connectivity index (χ3v) is 4.17. The summed E-state index contributed by atoms with van der Waals surface area (Å²) in [4.78, 5) is 12.5. The molecule has 1 aliphatic heterocycles. The van der Waals surface area contributed by atoms with Gasteiger partial charge in [-0.3, -0.25) is 4.79 Å². The summed E-state index contributed by atoms with van der Waals surface area (Å²) in [5, 5.41) is 8.02. The first-order valence-electron chi connectivity index (χ1n) is 7.65. The second-order valence-electron chi connectivity index (χ2n) is 6.45. The van der Waals surface area contributed by atoms with Crippen molar-refractivity contribution in [1.82, 2.24) is 9.78 Å². The van der Waals surface area contributed by atoms with Gasteiger partial charge in [-0.15, -0.1) is 0 Å². The molecule has 0 aliphatic carbocycles. The molecule has 1 aliphatic rings. The number of carbonyl (C=O) groups is 1. The lowest BCUT2D eigenvalue weighted by Crippen LogP contribution is -2.31. The molecule has 122 valence electrons. The number of benzene rings is 1. The van der Waals surface area contributed by atoms with Gasteiger partial charge in [0.2, 0.25) is 0 Å². The molecule has 1 N–H and O–H groups in total. The van der Waals surface area contributed by atoms with Crippen LogP contribution in [0.25, 0.3) is 5.69 Å². The maximum Gasteiger partial charge on any atom is 0.254 e. The largest absolute Gasteiger partial charge is 0.363 e. The summed E-state index contributed by atoms with van der Waals surface area (Å²) in [5.74, 6) is 0.494. The third kappa shape index (κ3) is 3.57. The predicted molar refractivity (Wildman–Crippen MR) is 90.1 cm³/mol. The molecule has 3 rings (SSSR count). The second kappa shape index (κ2) is 5.98. The van der Waals surface area contributed by atoms with Crippen LogP contribution in [-0.2, 0) is 9.53 Å². The van der Waals surface area contributed by atoms with Crippen molar-refractivity contribution in [2.75, 3.05) is 5.32 Å². The van der Waals surface area contributed by atoms with Gasteiger partial charge in [0.1, 0.15) is 11.9 Å². The van der Waals surface area contributed by atoms with Crippen molar-refractivity contribution in [2.45, 2.75) is 45.3 Å². The lowest BCUT2D eigenvalue weighted by molar-refractivity contribution is -0.130. The number of carbonyl (C=O) groups excluding carboxylic acids is 1. The van der Waals surface area contributed by atoms with Gasteiger partial charge in [0.05, 0.1) is 17.0 Å². The Bertz CT molecular complexity index is 722. The molecule has 2 heterocycles. The molecule has 1 aromatic heterocycles. The molecule has 5 nitrogen and oxygen atoms in total. The van der Waals surface area contributed by atoms with Crippen LogP contribution in [0.15, 0.2) is 30.3 Å². The van der Waals surface area contributed by atoms with Gasteiger partial charge in [-0.25, -0.2) is 4.68 Å². The second-order valence-corrected chi connectivity index (χ2v) is 6.89. The normalized spacial score (nSPS) is 19.7. The van der Waals surface area contributed by atoms with Crippen LogP contribution in [0, 0.1) is 6.92 Å². The number of hydrogen-bond acceptors (Lipinski definition) is 3. The first kappa shape index (κ1) is 16.0. The molecule has 1 saturated heterocycles. The van der Waals surface area contributed by atoms with Crippen LogP contribution in [0.4, 0.5) is 5.82 Å². The van der Waals surface area contributed by atoms with Gasteiger partial charge in [-0.1, -0.05) is 11.6 Å². The average Bonchev–Trinajstić information content (AvgIpc) is 3.02. The Morgan fingerprint density at radius 2 is 2.09 bits per heavy atom. The summed E-state index contributed by atoms with van der Waals surface area (Å²) in [6, 6.07) is 9.15. The standard InChI is InChI=1S/C17H20ClN3O2/c1-11-10-15(19-16(22)14-8-9-17(2,3)23-14)21(20-11)13-6-4-12(18)5-7-13/h4-7,10,14H,8-9H2,1-3H3,(H,19,22). The van der Waals surface area contributed by atoms with Crippen LogP contribution in [-0.4, -0.2) is 27.4 Å². The van der Waals surface area contributed by atoms with E-state index in [1.54, 1.807) is 16.8 Å². The quantitative estimate of drug-likeness (QED) is 0.931.